The minimum absolute atomic E-state index is 0.587. The quantitative estimate of drug-likeness (QED) is 0.546. The van der Waals surface area contributed by atoms with E-state index in [0.717, 1.165) is 45.8 Å². The number of aromatic nitrogens is 1. The Bertz CT molecular complexity index is 814. The van der Waals surface area contributed by atoms with E-state index >= 15 is 0 Å². The molecule has 0 aliphatic rings. The molecule has 0 aliphatic heterocycles. The molecule has 4 heteroatoms. The molecule has 0 spiro atoms. The van der Waals surface area contributed by atoms with Crippen LogP contribution in [-0.2, 0) is 6.42 Å². The average Bonchev–Trinajstić information content (AvgIpc) is 2.63. The van der Waals surface area contributed by atoms with Gasteiger partial charge < -0.3 is 9.47 Å². The molecular formula is C20H20ClNO2. The molecule has 0 saturated heterocycles. The summed E-state index contributed by atoms with van der Waals surface area (Å²) in [5, 5.41) is 1.87. The monoisotopic (exact) mass is 341 g/mol. The van der Waals surface area contributed by atoms with Crippen molar-refractivity contribution < 1.29 is 9.47 Å². The van der Waals surface area contributed by atoms with Crippen LogP contribution in [0.1, 0.15) is 18.9 Å². The second-order valence-electron chi connectivity index (χ2n) is 5.49. The van der Waals surface area contributed by atoms with E-state index in [0.29, 0.717) is 13.2 Å². The van der Waals surface area contributed by atoms with Gasteiger partial charge in [-0.15, -0.1) is 0 Å². The summed E-state index contributed by atoms with van der Waals surface area (Å²) < 4.78 is 11.6. The predicted molar refractivity (Wildman–Crippen MR) is 98.2 cm³/mol. The highest BCUT2D eigenvalue weighted by Gasteiger charge is 2.03. The number of rotatable bonds is 7. The molecule has 3 aromatic rings. The van der Waals surface area contributed by atoms with Gasteiger partial charge in [-0.25, -0.2) is 0 Å². The van der Waals surface area contributed by atoms with Crippen molar-refractivity contribution in [2.45, 2.75) is 19.8 Å². The zero-order valence-electron chi connectivity index (χ0n) is 13.7. The summed E-state index contributed by atoms with van der Waals surface area (Å²) in [5.41, 5.74) is 2.00. The molecule has 3 rings (SSSR count). The summed E-state index contributed by atoms with van der Waals surface area (Å²) in [6, 6.07) is 15.7. The zero-order valence-corrected chi connectivity index (χ0v) is 14.4. The Balaban J connectivity index is 1.50. The van der Waals surface area contributed by atoms with Crippen LogP contribution in [0.5, 0.6) is 11.5 Å². The van der Waals surface area contributed by atoms with Gasteiger partial charge in [0.1, 0.15) is 17.0 Å². The number of nitrogens with zero attached hydrogens (tertiary/aromatic N) is 1. The van der Waals surface area contributed by atoms with Crippen LogP contribution in [0, 0.1) is 0 Å². The highest BCUT2D eigenvalue weighted by Crippen LogP contribution is 2.24. The molecule has 0 bridgehead atoms. The number of para-hydroxylation sites is 1. The average molecular weight is 342 g/mol. The lowest BCUT2D eigenvalue weighted by Gasteiger charge is -2.10. The smallest absolute Gasteiger partial charge is 0.145 e. The number of benzene rings is 2. The summed E-state index contributed by atoms with van der Waals surface area (Å²) >= 11 is 6.11. The predicted octanol–water partition coefficient (Wildman–Crippen LogP) is 5.30. The van der Waals surface area contributed by atoms with E-state index < -0.39 is 0 Å². The van der Waals surface area contributed by atoms with Gasteiger partial charge in [-0.05, 0) is 42.3 Å². The Morgan fingerprint density at radius 3 is 2.71 bits per heavy atom. The second kappa shape index (κ2) is 8.02. The van der Waals surface area contributed by atoms with Crippen LogP contribution in [0.25, 0.3) is 10.9 Å². The molecule has 24 heavy (non-hydrogen) atoms. The molecule has 1 heterocycles. The van der Waals surface area contributed by atoms with Gasteiger partial charge in [0.15, 0.2) is 0 Å². The summed E-state index contributed by atoms with van der Waals surface area (Å²) in [4.78, 5) is 4.39. The van der Waals surface area contributed by atoms with Crippen LogP contribution >= 0.6 is 11.6 Å². The zero-order chi connectivity index (χ0) is 16.8. The van der Waals surface area contributed by atoms with Gasteiger partial charge in [-0.2, -0.15) is 0 Å². The van der Waals surface area contributed by atoms with E-state index in [1.807, 2.05) is 48.5 Å². The third-order valence-electron chi connectivity index (χ3n) is 3.81. The van der Waals surface area contributed by atoms with Crippen LogP contribution in [0.3, 0.4) is 0 Å². The van der Waals surface area contributed by atoms with Crippen LogP contribution < -0.4 is 9.47 Å². The van der Waals surface area contributed by atoms with Gasteiger partial charge in [-0.3, -0.25) is 4.98 Å². The molecule has 2 aromatic carbocycles. The summed E-state index contributed by atoms with van der Waals surface area (Å²) in [6.07, 6.45) is 3.48. The van der Waals surface area contributed by atoms with Crippen LogP contribution in [0.15, 0.2) is 54.7 Å². The van der Waals surface area contributed by atoms with Crippen molar-refractivity contribution in [1.29, 1.82) is 0 Å². The number of fused-ring (bicyclic) bond motifs is 1. The fraction of sp³-hybridized carbons (Fsp3) is 0.250. The van der Waals surface area contributed by atoms with Crippen molar-refractivity contribution in [1.82, 2.24) is 4.98 Å². The van der Waals surface area contributed by atoms with E-state index in [1.165, 1.54) is 0 Å². The maximum atomic E-state index is 6.11. The first kappa shape index (κ1) is 16.6. The Morgan fingerprint density at radius 2 is 1.83 bits per heavy atom. The Labute approximate surface area is 147 Å². The highest BCUT2D eigenvalue weighted by molar-refractivity contribution is 6.31. The molecule has 0 atom stereocenters. The molecule has 0 aliphatic carbocycles. The highest BCUT2D eigenvalue weighted by atomic mass is 35.5. The van der Waals surface area contributed by atoms with E-state index in [2.05, 4.69) is 11.9 Å². The first-order valence-corrected chi connectivity index (χ1v) is 8.53. The second-order valence-corrected chi connectivity index (χ2v) is 5.90. The lowest BCUT2D eigenvalue weighted by Crippen LogP contribution is -2.05. The molecule has 0 radical (unpaired) electrons. The van der Waals surface area contributed by atoms with Crippen molar-refractivity contribution in [3.05, 3.63) is 65.3 Å². The molecule has 124 valence electrons. The molecule has 0 unspecified atom stereocenters. The van der Waals surface area contributed by atoms with E-state index in [4.69, 9.17) is 21.1 Å². The van der Waals surface area contributed by atoms with Gasteiger partial charge in [0.05, 0.1) is 13.2 Å². The third-order valence-corrected chi connectivity index (χ3v) is 4.18. The van der Waals surface area contributed by atoms with E-state index in [1.54, 1.807) is 6.20 Å². The van der Waals surface area contributed by atoms with Crippen LogP contribution in [0.4, 0.5) is 0 Å². The maximum absolute atomic E-state index is 6.11. The molecule has 0 amide bonds. The third kappa shape index (κ3) is 3.98. The van der Waals surface area contributed by atoms with Crippen molar-refractivity contribution in [3.8, 4) is 11.5 Å². The topological polar surface area (TPSA) is 31.4 Å². The van der Waals surface area contributed by atoms with Crippen LogP contribution in [-0.4, -0.2) is 18.2 Å². The molecule has 0 fully saturated rings. The molecule has 3 nitrogen and oxygen atoms in total. The van der Waals surface area contributed by atoms with Gasteiger partial charge in [0.2, 0.25) is 0 Å². The largest absolute Gasteiger partial charge is 0.493 e. The number of hydrogen-bond acceptors (Lipinski definition) is 3. The number of pyridine rings is 1. The Kier molecular flexibility index (Phi) is 5.55. The molecule has 0 N–H and O–H groups in total. The molecular weight excluding hydrogens is 322 g/mol. The summed E-state index contributed by atoms with van der Waals surface area (Å²) in [7, 11) is 0. The first-order chi connectivity index (χ1) is 11.8. The minimum atomic E-state index is 0.587. The number of hydrogen-bond donors (Lipinski definition) is 0. The first-order valence-electron chi connectivity index (χ1n) is 8.15. The van der Waals surface area contributed by atoms with E-state index in [9.17, 15) is 0 Å². The number of ether oxygens (including phenoxy) is 2. The van der Waals surface area contributed by atoms with Gasteiger partial charge >= 0.3 is 0 Å². The lowest BCUT2D eigenvalue weighted by molar-refractivity contribution is 0.248. The lowest BCUT2D eigenvalue weighted by atomic mass is 10.1. The standard InChI is InChI=1S/C20H20ClNO2/c1-2-15-14-17(9-10-18(15)21)23-12-5-13-24-19-8-3-6-16-7-4-11-22-20(16)19/h3-4,6-11,14H,2,5,12-13H2,1H3. The van der Waals surface area contributed by atoms with Crippen molar-refractivity contribution >= 4 is 22.5 Å². The molecule has 0 saturated carbocycles. The number of aryl methyl sites for hydroxylation is 1. The Hall–Kier alpha value is -2.26. The number of halogens is 1. The fourth-order valence-electron chi connectivity index (χ4n) is 2.54. The van der Waals surface area contributed by atoms with Gasteiger partial charge in [0.25, 0.3) is 0 Å². The van der Waals surface area contributed by atoms with Gasteiger partial charge in [0, 0.05) is 23.0 Å². The summed E-state index contributed by atoms with van der Waals surface area (Å²) in [6.45, 7) is 3.27. The van der Waals surface area contributed by atoms with E-state index in [-0.39, 0.29) is 0 Å². The minimum Gasteiger partial charge on any atom is -0.493 e. The van der Waals surface area contributed by atoms with Crippen molar-refractivity contribution in [2.24, 2.45) is 0 Å². The van der Waals surface area contributed by atoms with Crippen LogP contribution in [0.2, 0.25) is 5.02 Å². The summed E-state index contributed by atoms with van der Waals surface area (Å²) in [5.74, 6) is 1.66. The molecule has 1 aromatic heterocycles. The van der Waals surface area contributed by atoms with Crippen molar-refractivity contribution in [2.75, 3.05) is 13.2 Å². The maximum Gasteiger partial charge on any atom is 0.145 e. The normalized spacial score (nSPS) is 10.8. The Morgan fingerprint density at radius 1 is 1.00 bits per heavy atom. The fourth-order valence-corrected chi connectivity index (χ4v) is 2.79. The SMILES string of the molecule is CCc1cc(OCCCOc2cccc3cccnc23)ccc1Cl. The van der Waals surface area contributed by atoms with Gasteiger partial charge in [-0.1, -0.05) is 36.7 Å². The van der Waals surface area contributed by atoms with Crippen molar-refractivity contribution in [3.63, 3.8) is 0 Å².